The number of nitrogens with zero attached hydrogens (tertiary/aromatic N) is 1. The van der Waals surface area contributed by atoms with Gasteiger partial charge in [-0.05, 0) is 30.2 Å². The molecule has 19 heavy (non-hydrogen) atoms. The van der Waals surface area contributed by atoms with Gasteiger partial charge in [0.1, 0.15) is 18.6 Å². The lowest BCUT2D eigenvalue weighted by molar-refractivity contribution is 0.132. The van der Waals surface area contributed by atoms with Gasteiger partial charge in [0.05, 0.1) is 7.11 Å². The van der Waals surface area contributed by atoms with Crippen molar-refractivity contribution in [2.24, 2.45) is 5.16 Å². The molecule has 0 heterocycles. The van der Waals surface area contributed by atoms with Gasteiger partial charge in [0, 0.05) is 5.56 Å². The van der Waals surface area contributed by atoms with E-state index < -0.39 is 0 Å². The molecule has 97 valence electrons. The first kappa shape index (κ1) is 13.1. The summed E-state index contributed by atoms with van der Waals surface area (Å²) >= 11 is 0. The summed E-state index contributed by atoms with van der Waals surface area (Å²) in [5.74, 6) is 0.832. The average Bonchev–Trinajstić information content (AvgIpc) is 2.46. The fraction of sp³-hybridized carbons (Fsp3) is 0.188. The smallest absolute Gasteiger partial charge is 0.142 e. The molecule has 0 aromatic heterocycles. The van der Waals surface area contributed by atoms with Gasteiger partial charge in [-0.2, -0.15) is 0 Å². The largest absolute Gasteiger partial charge is 0.497 e. The molecule has 0 aliphatic carbocycles. The summed E-state index contributed by atoms with van der Waals surface area (Å²) in [7, 11) is 1.65. The Labute approximate surface area is 113 Å². The molecule has 2 aromatic rings. The first-order chi connectivity index (χ1) is 9.29. The van der Waals surface area contributed by atoms with E-state index in [0.717, 1.165) is 22.4 Å². The van der Waals surface area contributed by atoms with Gasteiger partial charge in [0.2, 0.25) is 0 Å². The van der Waals surface area contributed by atoms with E-state index in [4.69, 9.17) is 9.57 Å². The van der Waals surface area contributed by atoms with Gasteiger partial charge in [-0.1, -0.05) is 41.6 Å². The van der Waals surface area contributed by atoms with Crippen LogP contribution < -0.4 is 4.74 Å². The van der Waals surface area contributed by atoms with Crippen LogP contribution in [0.25, 0.3) is 0 Å². The molecule has 2 rings (SSSR count). The highest BCUT2D eigenvalue weighted by atomic mass is 16.6. The molecule has 0 N–H and O–H groups in total. The van der Waals surface area contributed by atoms with E-state index in [1.807, 2.05) is 55.5 Å². The van der Waals surface area contributed by atoms with Crippen LogP contribution in [-0.4, -0.2) is 13.3 Å². The van der Waals surface area contributed by atoms with Crippen LogP contribution in [0.1, 0.15) is 16.7 Å². The molecule has 2 aromatic carbocycles. The van der Waals surface area contributed by atoms with Gasteiger partial charge in [0.25, 0.3) is 0 Å². The number of methoxy groups -OCH3 is 1. The monoisotopic (exact) mass is 254 g/mol. The van der Waals surface area contributed by atoms with Gasteiger partial charge in [-0.15, -0.1) is 0 Å². The van der Waals surface area contributed by atoms with Gasteiger partial charge in [-0.25, -0.2) is 0 Å². The molecule has 0 atom stereocenters. The topological polar surface area (TPSA) is 30.8 Å². The summed E-state index contributed by atoms with van der Waals surface area (Å²) in [5.41, 5.74) is 3.10. The van der Waals surface area contributed by atoms with Crippen molar-refractivity contribution in [1.82, 2.24) is 0 Å². The SMILES string of the molecule is COc1ccc(CO/N=[C]\c2ccccc2C)cc1. The van der Waals surface area contributed by atoms with Crippen molar-refractivity contribution in [3.63, 3.8) is 0 Å². The van der Waals surface area contributed by atoms with Crippen LogP contribution in [0.2, 0.25) is 0 Å². The summed E-state index contributed by atoms with van der Waals surface area (Å²) < 4.78 is 5.09. The Morgan fingerprint density at radius 1 is 1.05 bits per heavy atom. The molecular weight excluding hydrogens is 238 g/mol. The van der Waals surface area contributed by atoms with Crippen molar-refractivity contribution in [2.75, 3.05) is 7.11 Å². The zero-order chi connectivity index (χ0) is 13.5. The van der Waals surface area contributed by atoms with E-state index >= 15 is 0 Å². The summed E-state index contributed by atoms with van der Waals surface area (Å²) in [5, 5.41) is 3.86. The van der Waals surface area contributed by atoms with Crippen molar-refractivity contribution in [3.8, 4) is 5.75 Å². The van der Waals surface area contributed by atoms with E-state index in [0.29, 0.717) is 6.61 Å². The lowest BCUT2D eigenvalue weighted by Gasteiger charge is -2.02. The first-order valence-electron chi connectivity index (χ1n) is 6.06. The summed E-state index contributed by atoms with van der Waals surface area (Å²) in [6.07, 6.45) is 2.88. The molecule has 0 saturated carbocycles. The van der Waals surface area contributed by atoms with E-state index in [2.05, 4.69) is 11.4 Å². The number of benzene rings is 2. The van der Waals surface area contributed by atoms with E-state index in [1.165, 1.54) is 0 Å². The Morgan fingerprint density at radius 3 is 2.47 bits per heavy atom. The minimum absolute atomic E-state index is 0.420. The highest BCUT2D eigenvalue weighted by Gasteiger charge is 1.95. The molecule has 0 amide bonds. The zero-order valence-electron chi connectivity index (χ0n) is 11.1. The Hall–Kier alpha value is -2.29. The second-order valence-corrected chi connectivity index (χ2v) is 4.14. The van der Waals surface area contributed by atoms with E-state index in [-0.39, 0.29) is 0 Å². The van der Waals surface area contributed by atoms with Gasteiger partial charge >= 0.3 is 0 Å². The van der Waals surface area contributed by atoms with Crippen molar-refractivity contribution >= 4 is 6.21 Å². The predicted octanol–water partition coefficient (Wildman–Crippen LogP) is 3.43. The van der Waals surface area contributed by atoms with Crippen LogP contribution in [0.15, 0.2) is 53.7 Å². The normalized spacial score (nSPS) is 10.6. The van der Waals surface area contributed by atoms with Crippen LogP contribution in [0.4, 0.5) is 0 Å². The number of hydrogen-bond donors (Lipinski definition) is 0. The lowest BCUT2D eigenvalue weighted by atomic mass is 10.1. The molecule has 0 spiro atoms. The minimum atomic E-state index is 0.420. The lowest BCUT2D eigenvalue weighted by Crippen LogP contribution is -1.90. The Balaban J connectivity index is 1.87. The van der Waals surface area contributed by atoms with Crippen molar-refractivity contribution < 1.29 is 9.57 Å². The molecule has 3 heteroatoms. The minimum Gasteiger partial charge on any atom is -0.497 e. The Kier molecular flexibility index (Phi) is 4.56. The zero-order valence-corrected chi connectivity index (χ0v) is 11.1. The highest BCUT2D eigenvalue weighted by molar-refractivity contribution is 5.81. The highest BCUT2D eigenvalue weighted by Crippen LogP contribution is 2.12. The maximum Gasteiger partial charge on any atom is 0.142 e. The third kappa shape index (κ3) is 3.85. The number of hydrogen-bond acceptors (Lipinski definition) is 3. The summed E-state index contributed by atoms with van der Waals surface area (Å²) in [4.78, 5) is 5.23. The van der Waals surface area contributed by atoms with Crippen molar-refractivity contribution in [2.45, 2.75) is 13.5 Å². The molecule has 0 fully saturated rings. The third-order valence-electron chi connectivity index (χ3n) is 2.77. The molecular formula is C16H16NO2. The molecule has 0 aliphatic heterocycles. The summed E-state index contributed by atoms with van der Waals surface area (Å²) in [6, 6.07) is 15.6. The fourth-order valence-electron chi connectivity index (χ4n) is 1.61. The quantitative estimate of drug-likeness (QED) is 0.604. The van der Waals surface area contributed by atoms with Crippen LogP contribution in [0, 0.1) is 6.92 Å². The van der Waals surface area contributed by atoms with Crippen LogP contribution in [0.3, 0.4) is 0 Å². The van der Waals surface area contributed by atoms with Gasteiger partial charge < -0.3 is 9.57 Å². The van der Waals surface area contributed by atoms with Crippen molar-refractivity contribution in [1.29, 1.82) is 0 Å². The maximum absolute atomic E-state index is 5.23. The van der Waals surface area contributed by atoms with Crippen LogP contribution in [-0.2, 0) is 11.4 Å². The predicted molar refractivity (Wildman–Crippen MR) is 75.5 cm³/mol. The maximum atomic E-state index is 5.23. The van der Waals surface area contributed by atoms with E-state index in [1.54, 1.807) is 7.11 Å². The second-order valence-electron chi connectivity index (χ2n) is 4.14. The van der Waals surface area contributed by atoms with Gasteiger partial charge in [0.15, 0.2) is 0 Å². The van der Waals surface area contributed by atoms with E-state index in [9.17, 15) is 0 Å². The third-order valence-corrected chi connectivity index (χ3v) is 2.77. The van der Waals surface area contributed by atoms with Crippen LogP contribution in [0.5, 0.6) is 5.75 Å². The van der Waals surface area contributed by atoms with Crippen molar-refractivity contribution in [3.05, 3.63) is 65.2 Å². The first-order valence-corrected chi connectivity index (χ1v) is 6.06. The Bertz CT molecular complexity index is 547. The molecule has 3 nitrogen and oxygen atoms in total. The number of aryl methyl sites for hydroxylation is 1. The second kappa shape index (κ2) is 6.59. The fourth-order valence-corrected chi connectivity index (χ4v) is 1.61. The average molecular weight is 254 g/mol. The molecule has 1 radical (unpaired) electrons. The van der Waals surface area contributed by atoms with Gasteiger partial charge in [-0.3, -0.25) is 0 Å². The standard InChI is InChI=1S/C16H16NO2/c1-13-5-3-4-6-15(13)11-17-19-12-14-7-9-16(18-2)10-8-14/h3-10H,12H2,1-2H3. The molecule has 0 bridgehead atoms. The Morgan fingerprint density at radius 2 is 1.79 bits per heavy atom. The summed E-state index contributed by atoms with van der Waals surface area (Å²) in [6.45, 7) is 2.43. The number of rotatable bonds is 5. The molecule has 0 aliphatic rings. The van der Waals surface area contributed by atoms with Crippen LogP contribution >= 0.6 is 0 Å². The number of ether oxygens (including phenoxy) is 1. The molecule has 0 unspecified atom stereocenters. The molecule has 0 saturated heterocycles.